The Balaban J connectivity index is 3.09. The zero-order chi connectivity index (χ0) is 12.1. The van der Waals surface area contributed by atoms with Gasteiger partial charge in [0.05, 0.1) is 4.92 Å². The molecule has 0 saturated carbocycles. The minimum absolute atomic E-state index is 0.0108. The van der Waals surface area contributed by atoms with Gasteiger partial charge >= 0.3 is 5.69 Å². The average Bonchev–Trinajstić information content (AvgIpc) is 2.21. The second-order valence-electron chi connectivity index (χ2n) is 3.04. The molecule has 86 valence electrons. The molecule has 0 bridgehead atoms. The quantitative estimate of drug-likeness (QED) is 0.634. The van der Waals surface area contributed by atoms with Crippen molar-refractivity contribution in [3.8, 4) is 0 Å². The van der Waals surface area contributed by atoms with Gasteiger partial charge in [-0.05, 0) is 7.05 Å². The molecule has 1 N–H and O–H groups in total. The lowest BCUT2D eigenvalue weighted by Crippen LogP contribution is -2.03. The lowest BCUT2D eigenvalue weighted by molar-refractivity contribution is -0.387. The maximum atomic E-state index is 13.2. The maximum absolute atomic E-state index is 13.2. The third kappa shape index (κ3) is 2.83. The molecule has 1 aromatic carbocycles. The molecule has 0 amide bonds. The number of halogens is 2. The molecule has 0 aromatic heterocycles. The number of nitrogens with zero attached hydrogens (tertiary/aromatic N) is 1. The SMILES string of the molecule is CNCC=Cc1cc([N+](=O)[O-])c(F)cc1F. The van der Waals surface area contributed by atoms with Crippen LogP contribution in [0.1, 0.15) is 5.56 Å². The van der Waals surface area contributed by atoms with Crippen LogP contribution in [0.25, 0.3) is 6.08 Å². The lowest BCUT2D eigenvalue weighted by atomic mass is 10.1. The highest BCUT2D eigenvalue weighted by molar-refractivity contribution is 5.54. The molecular formula is C10H10F2N2O2. The first kappa shape index (κ1) is 12.3. The van der Waals surface area contributed by atoms with Crippen LogP contribution in [0.2, 0.25) is 0 Å². The van der Waals surface area contributed by atoms with E-state index >= 15 is 0 Å². The molecule has 0 spiro atoms. The van der Waals surface area contributed by atoms with Crippen molar-refractivity contribution in [1.82, 2.24) is 5.32 Å². The second-order valence-corrected chi connectivity index (χ2v) is 3.04. The van der Waals surface area contributed by atoms with E-state index in [-0.39, 0.29) is 5.56 Å². The maximum Gasteiger partial charge on any atom is 0.305 e. The fraction of sp³-hybridized carbons (Fsp3) is 0.200. The number of nitro groups is 1. The van der Waals surface area contributed by atoms with E-state index in [1.165, 1.54) is 6.08 Å². The van der Waals surface area contributed by atoms with Crippen molar-refractivity contribution < 1.29 is 13.7 Å². The Morgan fingerprint density at radius 1 is 1.44 bits per heavy atom. The van der Waals surface area contributed by atoms with E-state index in [0.717, 1.165) is 6.07 Å². The third-order valence-corrected chi connectivity index (χ3v) is 1.88. The van der Waals surface area contributed by atoms with E-state index in [1.54, 1.807) is 13.1 Å². The van der Waals surface area contributed by atoms with Gasteiger partial charge in [-0.15, -0.1) is 0 Å². The molecule has 0 unspecified atom stereocenters. The van der Waals surface area contributed by atoms with E-state index in [1.807, 2.05) is 0 Å². The fourth-order valence-corrected chi connectivity index (χ4v) is 1.13. The Morgan fingerprint density at radius 3 is 2.69 bits per heavy atom. The van der Waals surface area contributed by atoms with Crippen molar-refractivity contribution in [3.05, 3.63) is 45.5 Å². The highest BCUT2D eigenvalue weighted by Crippen LogP contribution is 2.22. The van der Waals surface area contributed by atoms with Gasteiger partial charge in [0.25, 0.3) is 0 Å². The monoisotopic (exact) mass is 228 g/mol. The Kier molecular flexibility index (Phi) is 4.07. The molecule has 4 nitrogen and oxygen atoms in total. The Morgan fingerprint density at radius 2 is 2.12 bits per heavy atom. The second kappa shape index (κ2) is 5.32. The molecule has 16 heavy (non-hydrogen) atoms. The predicted octanol–water partition coefficient (Wildman–Crippen LogP) is 2.11. The molecule has 0 fully saturated rings. The van der Waals surface area contributed by atoms with Crippen LogP contribution in [0.4, 0.5) is 14.5 Å². The van der Waals surface area contributed by atoms with Crippen LogP contribution in [-0.2, 0) is 0 Å². The largest absolute Gasteiger partial charge is 0.316 e. The minimum atomic E-state index is -1.17. The van der Waals surface area contributed by atoms with Crippen molar-refractivity contribution in [2.24, 2.45) is 0 Å². The number of rotatable bonds is 4. The zero-order valence-electron chi connectivity index (χ0n) is 8.54. The van der Waals surface area contributed by atoms with E-state index in [0.29, 0.717) is 12.6 Å². The summed E-state index contributed by atoms with van der Waals surface area (Å²) in [6, 6.07) is 1.38. The Labute approximate surface area is 90.7 Å². The van der Waals surface area contributed by atoms with Gasteiger partial charge in [0, 0.05) is 24.2 Å². The summed E-state index contributed by atoms with van der Waals surface area (Å²) < 4.78 is 26.1. The normalized spacial score (nSPS) is 10.9. The standard InChI is InChI=1S/C10H10F2N2O2/c1-13-4-2-3-7-5-10(14(15)16)9(12)6-8(7)11/h2-3,5-6,13H,4H2,1H3. The van der Waals surface area contributed by atoms with E-state index in [9.17, 15) is 18.9 Å². The first-order valence-corrected chi connectivity index (χ1v) is 4.51. The van der Waals surface area contributed by atoms with Crippen LogP contribution in [0, 0.1) is 21.7 Å². The summed E-state index contributed by atoms with van der Waals surface area (Å²) in [7, 11) is 1.70. The molecule has 0 radical (unpaired) electrons. The van der Waals surface area contributed by atoms with E-state index in [4.69, 9.17) is 0 Å². The minimum Gasteiger partial charge on any atom is -0.316 e. The molecule has 0 aliphatic rings. The number of nitro benzene ring substituents is 1. The molecule has 0 saturated heterocycles. The fourth-order valence-electron chi connectivity index (χ4n) is 1.13. The first-order chi connectivity index (χ1) is 7.56. The van der Waals surface area contributed by atoms with Crippen LogP contribution in [0.3, 0.4) is 0 Å². The van der Waals surface area contributed by atoms with Crippen molar-refractivity contribution in [2.45, 2.75) is 0 Å². The van der Waals surface area contributed by atoms with Crippen LogP contribution in [0.5, 0.6) is 0 Å². The number of nitrogens with one attached hydrogen (secondary N) is 1. The number of likely N-dealkylation sites (N-methyl/N-ethyl adjacent to an activating group) is 1. The highest BCUT2D eigenvalue weighted by atomic mass is 19.1. The molecule has 0 aliphatic carbocycles. The van der Waals surface area contributed by atoms with Crippen LogP contribution in [0.15, 0.2) is 18.2 Å². The summed E-state index contributed by atoms with van der Waals surface area (Å²) in [4.78, 5) is 9.54. The highest BCUT2D eigenvalue weighted by Gasteiger charge is 2.16. The molecule has 0 aliphatic heterocycles. The summed E-state index contributed by atoms with van der Waals surface area (Å²) >= 11 is 0. The molecule has 1 aromatic rings. The molecular weight excluding hydrogens is 218 g/mol. The number of benzene rings is 1. The zero-order valence-corrected chi connectivity index (χ0v) is 8.54. The van der Waals surface area contributed by atoms with E-state index < -0.39 is 22.2 Å². The van der Waals surface area contributed by atoms with Crippen LogP contribution in [-0.4, -0.2) is 18.5 Å². The predicted molar refractivity (Wildman–Crippen MR) is 56.0 cm³/mol. The average molecular weight is 228 g/mol. The van der Waals surface area contributed by atoms with Crippen LogP contribution >= 0.6 is 0 Å². The summed E-state index contributed by atoms with van der Waals surface area (Å²) in [5.74, 6) is -2.00. The van der Waals surface area contributed by atoms with Gasteiger partial charge < -0.3 is 5.32 Å². The first-order valence-electron chi connectivity index (χ1n) is 4.51. The Bertz CT molecular complexity index is 433. The van der Waals surface area contributed by atoms with Gasteiger partial charge in [-0.2, -0.15) is 4.39 Å². The van der Waals surface area contributed by atoms with Gasteiger partial charge in [-0.25, -0.2) is 4.39 Å². The van der Waals surface area contributed by atoms with Crippen molar-refractivity contribution in [1.29, 1.82) is 0 Å². The van der Waals surface area contributed by atoms with E-state index in [2.05, 4.69) is 5.32 Å². The lowest BCUT2D eigenvalue weighted by Gasteiger charge is -1.99. The van der Waals surface area contributed by atoms with Gasteiger partial charge in [0.1, 0.15) is 5.82 Å². The number of hydrogen-bond donors (Lipinski definition) is 1. The van der Waals surface area contributed by atoms with Crippen molar-refractivity contribution in [3.63, 3.8) is 0 Å². The molecule has 1 rings (SSSR count). The smallest absolute Gasteiger partial charge is 0.305 e. The number of hydrogen-bond acceptors (Lipinski definition) is 3. The topological polar surface area (TPSA) is 55.2 Å². The summed E-state index contributed by atoms with van der Waals surface area (Å²) in [6.45, 7) is 0.491. The third-order valence-electron chi connectivity index (χ3n) is 1.88. The summed E-state index contributed by atoms with van der Waals surface area (Å²) in [5.41, 5.74) is -0.742. The van der Waals surface area contributed by atoms with Crippen molar-refractivity contribution >= 4 is 11.8 Å². The summed E-state index contributed by atoms with van der Waals surface area (Å²) in [6.07, 6.45) is 2.94. The van der Waals surface area contributed by atoms with Crippen LogP contribution < -0.4 is 5.32 Å². The molecule has 6 heteroatoms. The van der Waals surface area contributed by atoms with Gasteiger partial charge in [0.2, 0.25) is 5.82 Å². The molecule has 0 heterocycles. The van der Waals surface area contributed by atoms with Gasteiger partial charge in [-0.1, -0.05) is 12.2 Å². The van der Waals surface area contributed by atoms with Crippen molar-refractivity contribution in [2.75, 3.05) is 13.6 Å². The summed E-state index contributed by atoms with van der Waals surface area (Å²) in [5, 5.41) is 13.2. The van der Waals surface area contributed by atoms with Gasteiger partial charge in [0.15, 0.2) is 0 Å². The van der Waals surface area contributed by atoms with Gasteiger partial charge in [-0.3, -0.25) is 10.1 Å². The molecule has 0 atom stereocenters. The Hall–Kier alpha value is -1.82.